The summed E-state index contributed by atoms with van der Waals surface area (Å²) >= 11 is 1.62. The molecule has 140 heavy (non-hydrogen) atoms. The van der Waals surface area contributed by atoms with Crippen LogP contribution in [0.1, 0.15) is 109 Å². The number of halogens is 1. The Hall–Kier alpha value is -17.5. The number of imidazole rings is 1. The molecule has 14 aromatic rings. The Morgan fingerprint density at radius 3 is 1.06 bits per heavy atom. The molecule has 14 heterocycles. The van der Waals surface area contributed by atoms with Gasteiger partial charge in [-0.15, -0.1) is 11.3 Å². The standard InChI is InChI=1S/C28H22N4O4S.C25H21N7O4.C25H25N5O4.C24H22FN5O3/c1-36-20-10-7-18-15-32(25(33)21(18)14-20)16-28(26(34)30-27(35)31-28)19-8-5-17(6-9-19)23-11-12-24(37-23)22-4-2-3-13-29-22;1-31-13-28-20-19(26-12-27-21(20)31)14-3-6-16(7-4-14)25(23(34)29-24(35)30-25)11-32-10-15-5-8-17(36-2)9-18(15)22(32)33;1-14-21(15(2)29(3)28-14)16-5-8-18(9-6-16)25(23(32)26-24(33)27-25)13-30-12-17-7-10-19(34-4)11-20(17)22(30)31;1-13-20(14(2)29(3)28-13)15-4-7-17(8-5-15)24(22(32)26-23(33)27-24)12-30-11-16-6-9-18(25)10-19(16)21(30)31/h2-14H,15-16H2,1H3,(H2,30,31,34,35);3-9,12-13H,10-11H2,1-2H3,(H2,29,30,34,35);5-11H,12-13H2,1-4H3,(H2,26,27,32,33);4-10H,11-12H2,1-3H3,(H2,26,27,32,33)/t28-;2*25-;24-/m0000/s1. The minimum absolute atomic E-state index is 0.00256. The number of hydrogen-bond acceptors (Lipinski definition) is 22. The SMILES string of the molecule is COc1ccc2c(c1)C(=O)N(C[C@@]1(c3ccc(-c4c(C)nn(C)c4C)cc3)NC(=O)NC1=O)C2.COc1ccc2c(c1)C(=O)N(C[C@@]1(c3ccc(-c4ccc(-c5ccccn5)s4)cc3)NC(=O)NC1=O)C2.COc1ccc2c(c1)C(=O)N(C[C@@]1(c3ccc(-c4ncnc5c4ncn5C)cc3)NC(=O)NC1=O)C2.Cc1nn(C)c(C)c1-c1ccc([C@]2(CN3Cc4ccc(F)cc4C3=O)NC(=O)NC2=O)cc1. The summed E-state index contributed by atoms with van der Waals surface area (Å²) in [4.78, 5) is 179. The zero-order chi connectivity index (χ0) is 98.3. The number of ether oxygens (including phenoxy) is 3. The predicted octanol–water partition coefficient (Wildman–Crippen LogP) is 10.8. The average Bonchev–Trinajstić information content (AvgIpc) is 1.61. The molecule has 0 saturated carbocycles. The van der Waals surface area contributed by atoms with Gasteiger partial charge in [0.1, 0.15) is 40.6 Å². The second-order valence-electron chi connectivity index (χ2n) is 35.0. The summed E-state index contributed by atoms with van der Waals surface area (Å²) in [6, 6.07) is 57.0. The van der Waals surface area contributed by atoms with Gasteiger partial charge in [0.05, 0.1) is 75.8 Å². The number of rotatable bonds is 20. The van der Waals surface area contributed by atoms with Crippen LogP contribution in [0, 0.1) is 33.5 Å². The number of urea groups is 4. The highest BCUT2D eigenvalue weighted by molar-refractivity contribution is 7.18. The van der Waals surface area contributed by atoms with Crippen molar-refractivity contribution < 1.29 is 76.1 Å². The number of methoxy groups -OCH3 is 3. The number of aromatic nitrogens is 9. The lowest BCUT2D eigenvalue weighted by Crippen LogP contribution is -2.52. The Morgan fingerprint density at radius 2 is 0.729 bits per heavy atom. The van der Waals surface area contributed by atoms with E-state index in [4.69, 9.17) is 14.2 Å². The molecule has 8 aromatic carbocycles. The first kappa shape index (κ1) is 91.7. The van der Waals surface area contributed by atoms with Crippen molar-refractivity contribution in [2.45, 2.75) is 76.0 Å². The van der Waals surface area contributed by atoms with Gasteiger partial charge in [-0.2, -0.15) is 10.2 Å². The third-order valence-corrected chi connectivity index (χ3v) is 27.9. The molecule has 4 fully saturated rings. The van der Waals surface area contributed by atoms with Crippen molar-refractivity contribution >= 4 is 93.9 Å². The maximum absolute atomic E-state index is 13.7. The second-order valence-corrected chi connectivity index (χ2v) is 36.1. The van der Waals surface area contributed by atoms with Crippen molar-refractivity contribution in [3.05, 3.63) is 314 Å². The van der Waals surface area contributed by atoms with Crippen molar-refractivity contribution in [1.82, 2.24) is 106 Å². The topological polar surface area (TPSA) is 434 Å². The number of nitrogens with zero attached hydrogens (tertiary/aromatic N) is 13. The lowest BCUT2D eigenvalue weighted by Gasteiger charge is -2.31. The van der Waals surface area contributed by atoms with E-state index < -0.39 is 75.7 Å². The summed E-state index contributed by atoms with van der Waals surface area (Å²) in [6.07, 6.45) is 4.92. The number of aryl methyl sites for hydroxylation is 5. The van der Waals surface area contributed by atoms with Gasteiger partial charge in [0.15, 0.2) is 27.8 Å². The van der Waals surface area contributed by atoms with Gasteiger partial charge in [-0.05, 0) is 162 Å². The van der Waals surface area contributed by atoms with Gasteiger partial charge in [0.25, 0.3) is 47.3 Å². The first-order valence-electron chi connectivity index (χ1n) is 44.4. The maximum Gasteiger partial charge on any atom is 0.322 e. The average molecular weight is 1900 g/mol. The van der Waals surface area contributed by atoms with Crippen LogP contribution in [0.4, 0.5) is 23.6 Å². The highest BCUT2D eigenvalue weighted by atomic mass is 32.1. The molecule has 16 amide bonds. The van der Waals surface area contributed by atoms with Gasteiger partial charge in [0, 0.05) is 109 Å². The van der Waals surface area contributed by atoms with Gasteiger partial charge in [-0.3, -0.25) is 74.0 Å². The largest absolute Gasteiger partial charge is 0.497 e. The normalized spacial score (nSPS) is 19.1. The predicted molar refractivity (Wildman–Crippen MR) is 509 cm³/mol. The number of hydrogen-bond donors (Lipinski definition) is 8. The fraction of sp³-hybridized carbons (Fsp3) is 0.216. The Morgan fingerprint density at radius 1 is 0.379 bits per heavy atom. The molecule has 0 aliphatic carbocycles. The van der Waals surface area contributed by atoms with Crippen LogP contribution in [-0.4, -0.2) is 183 Å². The molecule has 38 heteroatoms. The molecule has 6 aromatic heterocycles. The molecule has 0 radical (unpaired) electrons. The Labute approximate surface area is 802 Å². The second kappa shape index (κ2) is 36.0. The van der Waals surface area contributed by atoms with Gasteiger partial charge < -0.3 is 59.6 Å². The molecule has 8 aliphatic rings. The van der Waals surface area contributed by atoms with Crippen LogP contribution in [0.5, 0.6) is 17.2 Å². The smallest absolute Gasteiger partial charge is 0.322 e. The van der Waals surface area contributed by atoms with Crippen molar-refractivity contribution in [2.75, 3.05) is 47.5 Å². The molecule has 0 bridgehead atoms. The summed E-state index contributed by atoms with van der Waals surface area (Å²) < 4.78 is 34.9. The maximum atomic E-state index is 13.7. The van der Waals surface area contributed by atoms with E-state index in [0.29, 0.717) is 98.2 Å². The summed E-state index contributed by atoms with van der Waals surface area (Å²) in [7, 11) is 10.3. The number of thiophene rings is 1. The molecule has 4 atom stereocenters. The molecule has 8 N–H and O–H groups in total. The molecule has 0 unspecified atom stereocenters. The summed E-state index contributed by atoms with van der Waals surface area (Å²) in [6.45, 7) is 8.99. The number of carbonyl (C=O) groups is 12. The van der Waals surface area contributed by atoms with E-state index >= 15 is 0 Å². The number of carbonyl (C=O) groups excluding carboxylic acids is 12. The lowest BCUT2D eigenvalue weighted by molar-refractivity contribution is -0.125. The van der Waals surface area contributed by atoms with Crippen LogP contribution in [0.25, 0.3) is 65.7 Å². The number of imide groups is 4. The van der Waals surface area contributed by atoms with Gasteiger partial charge >= 0.3 is 24.1 Å². The number of fused-ring (bicyclic) bond motifs is 5. The van der Waals surface area contributed by atoms with Crippen molar-refractivity contribution in [1.29, 1.82) is 0 Å². The van der Waals surface area contributed by atoms with Crippen LogP contribution in [-0.2, 0) is 88.7 Å². The molecular formula is C102H90FN21O15S. The molecule has 0 spiro atoms. The fourth-order valence-electron chi connectivity index (χ4n) is 19.3. The minimum Gasteiger partial charge on any atom is -0.497 e. The minimum atomic E-state index is -1.45. The third kappa shape index (κ3) is 16.4. The summed E-state index contributed by atoms with van der Waals surface area (Å²) in [5.74, 6) is -1.79. The van der Waals surface area contributed by atoms with Crippen LogP contribution in [0.3, 0.4) is 0 Å². The zero-order valence-electron chi connectivity index (χ0n) is 77.2. The quantitative estimate of drug-likeness (QED) is 0.0329. The highest BCUT2D eigenvalue weighted by Gasteiger charge is 2.55. The Kier molecular flexibility index (Phi) is 23.6. The fourth-order valence-corrected chi connectivity index (χ4v) is 20.3. The van der Waals surface area contributed by atoms with Crippen LogP contribution < -0.4 is 56.7 Å². The molecule has 8 aliphatic heterocycles. The van der Waals surface area contributed by atoms with E-state index in [-0.39, 0.29) is 61.9 Å². The molecule has 4 saturated heterocycles. The zero-order valence-corrected chi connectivity index (χ0v) is 78.0. The number of benzene rings is 8. The highest BCUT2D eigenvalue weighted by Crippen LogP contribution is 2.43. The Bertz CT molecular complexity index is 7530. The first-order chi connectivity index (χ1) is 67.3. The van der Waals surface area contributed by atoms with Crippen molar-refractivity contribution in [3.8, 4) is 71.8 Å². The van der Waals surface area contributed by atoms with E-state index in [2.05, 4.69) is 72.7 Å². The molecule has 36 nitrogen and oxygen atoms in total. The number of nitrogens with one attached hydrogen (secondary N) is 8. The molecule has 22 rings (SSSR count). The van der Waals surface area contributed by atoms with Crippen molar-refractivity contribution in [2.24, 2.45) is 21.1 Å². The lowest BCUT2D eigenvalue weighted by atomic mass is 9.87. The van der Waals surface area contributed by atoms with E-state index in [1.165, 1.54) is 30.5 Å². The molecular weight excluding hydrogens is 1810 g/mol. The van der Waals surface area contributed by atoms with E-state index in [0.717, 1.165) is 88.3 Å². The van der Waals surface area contributed by atoms with E-state index in [1.807, 2.05) is 184 Å². The van der Waals surface area contributed by atoms with Crippen LogP contribution in [0.2, 0.25) is 0 Å². The van der Waals surface area contributed by atoms with E-state index in [9.17, 15) is 61.9 Å². The van der Waals surface area contributed by atoms with Crippen LogP contribution >= 0.6 is 11.3 Å². The summed E-state index contributed by atoms with van der Waals surface area (Å²) in [5.41, 5.74) is 14.1. The third-order valence-electron chi connectivity index (χ3n) is 26.7. The van der Waals surface area contributed by atoms with Gasteiger partial charge in [0.2, 0.25) is 0 Å². The van der Waals surface area contributed by atoms with Gasteiger partial charge in [-0.25, -0.2) is 38.5 Å². The molecule has 706 valence electrons. The summed E-state index contributed by atoms with van der Waals surface area (Å²) in [5, 5.41) is 29.3. The van der Waals surface area contributed by atoms with Crippen LogP contribution in [0.15, 0.2) is 219 Å². The first-order valence-corrected chi connectivity index (χ1v) is 45.2. The van der Waals surface area contributed by atoms with E-state index in [1.54, 1.807) is 120 Å². The number of pyridine rings is 1. The monoisotopic (exact) mass is 1900 g/mol. The Balaban J connectivity index is 0.000000119. The van der Waals surface area contributed by atoms with Gasteiger partial charge in [-0.1, -0.05) is 127 Å². The van der Waals surface area contributed by atoms with Crippen molar-refractivity contribution in [3.63, 3.8) is 0 Å². The number of amides is 16.